The minimum absolute atomic E-state index is 0.715. The van der Waals surface area contributed by atoms with E-state index in [0.717, 1.165) is 57.8 Å². The third-order valence-corrected chi connectivity index (χ3v) is 5.67. The molecule has 1 fully saturated rings. The van der Waals surface area contributed by atoms with Crippen molar-refractivity contribution in [2.24, 2.45) is 0 Å². The lowest BCUT2D eigenvalue weighted by Gasteiger charge is -2.27. The topological polar surface area (TPSA) is 99.3 Å². The molecule has 0 spiro atoms. The monoisotopic (exact) mass is 396 g/mol. The molecule has 5 aromatic heterocycles. The Balaban J connectivity index is 1.47. The quantitative estimate of drug-likeness (QED) is 0.479. The van der Waals surface area contributed by atoms with Crippen LogP contribution in [0.2, 0.25) is 0 Å². The van der Waals surface area contributed by atoms with Gasteiger partial charge in [0.25, 0.3) is 0 Å². The minimum Gasteiger partial charge on any atom is -0.355 e. The molecular weight excluding hydrogens is 376 g/mol. The third kappa shape index (κ3) is 2.80. The van der Waals surface area contributed by atoms with Gasteiger partial charge in [-0.2, -0.15) is 5.10 Å². The standard InChI is InChI=1S/C22H20N8/c1-2-9-30(10-3-1)22-19-17(6-8-24-22)26-21(27-19)18-16-11-15(13-25-20(16)29-28-18)14-5-4-7-23-12-14/h4-8,11-13H,1-3,9-10H2,(H,26,27)(H,25,28,29). The van der Waals surface area contributed by atoms with Crippen LogP contribution in [0.1, 0.15) is 19.3 Å². The van der Waals surface area contributed by atoms with Crippen molar-refractivity contribution in [2.45, 2.75) is 19.3 Å². The fourth-order valence-electron chi connectivity index (χ4n) is 4.15. The van der Waals surface area contributed by atoms with Crippen molar-refractivity contribution in [1.29, 1.82) is 0 Å². The number of nitrogens with one attached hydrogen (secondary N) is 2. The molecule has 8 heteroatoms. The molecule has 6 rings (SSSR count). The number of rotatable bonds is 3. The Morgan fingerprint density at radius 1 is 0.933 bits per heavy atom. The highest BCUT2D eigenvalue weighted by Crippen LogP contribution is 2.31. The number of hydrogen-bond donors (Lipinski definition) is 2. The zero-order valence-electron chi connectivity index (χ0n) is 16.3. The number of anilines is 1. The van der Waals surface area contributed by atoms with Gasteiger partial charge in [-0.3, -0.25) is 10.1 Å². The Kier molecular flexibility index (Phi) is 3.93. The molecule has 1 aliphatic rings. The van der Waals surface area contributed by atoms with E-state index in [2.05, 4.69) is 41.1 Å². The van der Waals surface area contributed by atoms with Gasteiger partial charge in [0, 0.05) is 49.0 Å². The van der Waals surface area contributed by atoms with Gasteiger partial charge in [0.05, 0.1) is 10.9 Å². The molecule has 5 aromatic rings. The fourth-order valence-corrected chi connectivity index (χ4v) is 4.15. The molecule has 1 aliphatic heterocycles. The summed E-state index contributed by atoms with van der Waals surface area (Å²) in [5.41, 5.74) is 5.34. The highest BCUT2D eigenvalue weighted by atomic mass is 15.2. The van der Waals surface area contributed by atoms with E-state index in [1.807, 2.05) is 36.8 Å². The van der Waals surface area contributed by atoms with Crippen molar-refractivity contribution in [1.82, 2.24) is 35.1 Å². The van der Waals surface area contributed by atoms with Gasteiger partial charge in [0.2, 0.25) is 0 Å². The van der Waals surface area contributed by atoms with Crippen molar-refractivity contribution in [3.8, 4) is 22.6 Å². The largest absolute Gasteiger partial charge is 0.355 e. The molecular formula is C22H20N8. The van der Waals surface area contributed by atoms with E-state index in [0.29, 0.717) is 5.82 Å². The van der Waals surface area contributed by atoms with Crippen LogP contribution in [0, 0.1) is 0 Å². The van der Waals surface area contributed by atoms with Gasteiger partial charge < -0.3 is 9.88 Å². The molecule has 0 saturated carbocycles. The lowest BCUT2D eigenvalue weighted by Crippen LogP contribution is -2.30. The van der Waals surface area contributed by atoms with Crippen molar-refractivity contribution in [3.63, 3.8) is 0 Å². The molecule has 6 heterocycles. The van der Waals surface area contributed by atoms with E-state index in [1.165, 1.54) is 19.3 Å². The number of H-pyrrole nitrogens is 2. The van der Waals surface area contributed by atoms with Gasteiger partial charge in [-0.05, 0) is 37.5 Å². The van der Waals surface area contributed by atoms with Gasteiger partial charge in [0.1, 0.15) is 11.2 Å². The maximum absolute atomic E-state index is 4.90. The van der Waals surface area contributed by atoms with Crippen molar-refractivity contribution < 1.29 is 0 Å². The Labute approximate surface area is 172 Å². The first-order valence-electron chi connectivity index (χ1n) is 10.2. The zero-order valence-corrected chi connectivity index (χ0v) is 16.3. The number of aromatic nitrogens is 7. The van der Waals surface area contributed by atoms with Gasteiger partial charge in [0.15, 0.2) is 17.3 Å². The Hall–Kier alpha value is -3.81. The molecule has 1 saturated heterocycles. The third-order valence-electron chi connectivity index (χ3n) is 5.67. The summed E-state index contributed by atoms with van der Waals surface area (Å²) < 4.78 is 0. The zero-order chi connectivity index (χ0) is 19.9. The predicted octanol–water partition coefficient (Wildman–Crippen LogP) is 3.95. The van der Waals surface area contributed by atoms with Gasteiger partial charge in [-0.1, -0.05) is 6.07 Å². The molecule has 30 heavy (non-hydrogen) atoms. The molecule has 0 radical (unpaired) electrons. The molecule has 0 aliphatic carbocycles. The van der Waals surface area contributed by atoms with E-state index in [9.17, 15) is 0 Å². The molecule has 2 N–H and O–H groups in total. The average Bonchev–Trinajstić information content (AvgIpc) is 3.43. The number of imidazole rings is 1. The van der Waals surface area contributed by atoms with Crippen LogP contribution in [0.4, 0.5) is 5.82 Å². The summed E-state index contributed by atoms with van der Waals surface area (Å²) in [5, 5.41) is 8.45. The molecule has 0 unspecified atom stereocenters. The van der Waals surface area contributed by atoms with E-state index >= 15 is 0 Å². The van der Waals surface area contributed by atoms with Crippen LogP contribution in [0.25, 0.3) is 44.7 Å². The summed E-state index contributed by atoms with van der Waals surface area (Å²) in [7, 11) is 0. The SMILES string of the molecule is c1cncc(-c2cnc3[nH]nc(-c4nc5c(N6CCCCC6)nccc5[nH]4)c3c2)c1. The lowest BCUT2D eigenvalue weighted by molar-refractivity contribution is 0.574. The van der Waals surface area contributed by atoms with Crippen LogP contribution in [-0.4, -0.2) is 48.2 Å². The summed E-state index contributed by atoms with van der Waals surface area (Å²) in [4.78, 5) is 24.1. The summed E-state index contributed by atoms with van der Waals surface area (Å²) in [6, 6.07) is 7.99. The van der Waals surface area contributed by atoms with Crippen LogP contribution in [0.15, 0.2) is 49.1 Å². The van der Waals surface area contributed by atoms with Crippen LogP contribution in [0.5, 0.6) is 0 Å². The summed E-state index contributed by atoms with van der Waals surface area (Å²) in [5.74, 6) is 1.66. The summed E-state index contributed by atoms with van der Waals surface area (Å²) >= 11 is 0. The predicted molar refractivity (Wildman–Crippen MR) is 116 cm³/mol. The summed E-state index contributed by atoms with van der Waals surface area (Å²) in [6.45, 7) is 2.05. The number of nitrogens with zero attached hydrogens (tertiary/aromatic N) is 6. The molecule has 8 nitrogen and oxygen atoms in total. The Morgan fingerprint density at radius 3 is 2.73 bits per heavy atom. The molecule has 0 aromatic carbocycles. The van der Waals surface area contributed by atoms with E-state index < -0.39 is 0 Å². The maximum Gasteiger partial charge on any atom is 0.159 e. The second-order valence-electron chi connectivity index (χ2n) is 7.60. The highest BCUT2D eigenvalue weighted by Gasteiger charge is 2.20. The molecule has 0 bridgehead atoms. The number of pyridine rings is 3. The first-order chi connectivity index (χ1) is 14.9. The first-order valence-corrected chi connectivity index (χ1v) is 10.2. The van der Waals surface area contributed by atoms with Crippen molar-refractivity contribution in [3.05, 3.63) is 49.1 Å². The molecule has 0 amide bonds. The van der Waals surface area contributed by atoms with Crippen LogP contribution >= 0.6 is 0 Å². The Bertz CT molecular complexity index is 1330. The highest BCUT2D eigenvalue weighted by molar-refractivity contribution is 5.95. The number of aromatic amines is 2. The number of piperidine rings is 1. The second-order valence-corrected chi connectivity index (χ2v) is 7.60. The van der Waals surface area contributed by atoms with Gasteiger partial charge in [-0.15, -0.1) is 0 Å². The minimum atomic E-state index is 0.715. The molecule has 148 valence electrons. The van der Waals surface area contributed by atoms with E-state index in [4.69, 9.17) is 4.98 Å². The second kappa shape index (κ2) is 6.91. The van der Waals surface area contributed by atoms with Gasteiger partial charge in [-0.25, -0.2) is 15.0 Å². The fraction of sp³-hybridized carbons (Fsp3) is 0.227. The van der Waals surface area contributed by atoms with Crippen LogP contribution in [0.3, 0.4) is 0 Å². The van der Waals surface area contributed by atoms with Crippen molar-refractivity contribution >= 4 is 27.9 Å². The molecule has 0 atom stereocenters. The number of hydrogen-bond acceptors (Lipinski definition) is 6. The first kappa shape index (κ1) is 17.1. The lowest BCUT2D eigenvalue weighted by atomic mass is 10.1. The van der Waals surface area contributed by atoms with Gasteiger partial charge >= 0.3 is 0 Å². The Morgan fingerprint density at radius 2 is 1.87 bits per heavy atom. The number of fused-ring (bicyclic) bond motifs is 2. The van der Waals surface area contributed by atoms with Crippen molar-refractivity contribution in [2.75, 3.05) is 18.0 Å². The maximum atomic E-state index is 4.90. The van der Waals surface area contributed by atoms with E-state index in [1.54, 1.807) is 6.20 Å². The summed E-state index contributed by atoms with van der Waals surface area (Å²) in [6.07, 6.45) is 11.0. The van der Waals surface area contributed by atoms with E-state index in [-0.39, 0.29) is 0 Å². The van der Waals surface area contributed by atoms with Crippen LogP contribution < -0.4 is 4.90 Å². The normalized spacial score (nSPS) is 14.6. The smallest absolute Gasteiger partial charge is 0.159 e. The average molecular weight is 396 g/mol. The van der Waals surface area contributed by atoms with Crippen LogP contribution in [-0.2, 0) is 0 Å².